The molecule has 2 unspecified atom stereocenters. The smallest absolute Gasteiger partial charge is 0.161 e. The van der Waals surface area contributed by atoms with Gasteiger partial charge in [0.05, 0.1) is 37.4 Å². The summed E-state index contributed by atoms with van der Waals surface area (Å²) < 4.78 is 12.7. The van der Waals surface area contributed by atoms with Gasteiger partial charge in [-0.05, 0) is 73.2 Å². The lowest BCUT2D eigenvalue weighted by Gasteiger charge is -2.27. The zero-order chi connectivity index (χ0) is 26.2. The first-order chi connectivity index (χ1) is 18.5. The molecular weight excluding hydrogens is 498 g/mol. The highest BCUT2D eigenvalue weighted by atomic mass is 35.5. The van der Waals surface area contributed by atoms with Crippen molar-refractivity contribution in [3.63, 3.8) is 0 Å². The maximum Gasteiger partial charge on any atom is 0.161 e. The van der Waals surface area contributed by atoms with E-state index in [0.29, 0.717) is 16.5 Å². The SMILES string of the molecule is COc1ccc(C2=NN3C(=NC(C)C3c3ccc(-n4ccc(-c5ccc(Cl)cc5)n4)cc3)C=C2)cc1OC. The molecule has 0 saturated heterocycles. The minimum Gasteiger partial charge on any atom is -0.493 e. The molecule has 0 bridgehead atoms. The molecule has 1 aromatic heterocycles. The molecule has 0 amide bonds. The second-order valence-corrected chi connectivity index (χ2v) is 9.59. The average molecular weight is 524 g/mol. The molecule has 8 heteroatoms. The standard InChI is InChI=1S/C30H26ClN5O2/c1-19-30(36-29(32-19)15-13-25(34-36)22-8-14-27(37-2)28(18-22)38-3)21-6-11-24(12-7-21)35-17-16-26(33-35)20-4-9-23(31)10-5-20/h4-19,30H,1-3H3. The number of rotatable bonds is 6. The summed E-state index contributed by atoms with van der Waals surface area (Å²) in [6, 6.07) is 24.0. The average Bonchev–Trinajstić information content (AvgIpc) is 3.57. The van der Waals surface area contributed by atoms with Gasteiger partial charge in [0.25, 0.3) is 0 Å². The van der Waals surface area contributed by atoms with Gasteiger partial charge in [0.15, 0.2) is 11.5 Å². The van der Waals surface area contributed by atoms with Gasteiger partial charge in [0.1, 0.15) is 11.9 Å². The van der Waals surface area contributed by atoms with Gasteiger partial charge in [-0.1, -0.05) is 35.9 Å². The predicted molar refractivity (Wildman–Crippen MR) is 151 cm³/mol. The van der Waals surface area contributed by atoms with Crippen LogP contribution in [0.15, 0.2) is 101 Å². The fourth-order valence-electron chi connectivity index (χ4n) is 4.86. The Labute approximate surface area is 226 Å². The van der Waals surface area contributed by atoms with Crippen LogP contribution in [0.5, 0.6) is 11.5 Å². The third-order valence-corrected chi connectivity index (χ3v) is 7.06. The van der Waals surface area contributed by atoms with Crippen LogP contribution in [-0.2, 0) is 0 Å². The number of methoxy groups -OCH3 is 2. The van der Waals surface area contributed by atoms with Gasteiger partial charge in [-0.25, -0.2) is 9.69 Å². The lowest BCUT2D eigenvalue weighted by atomic mass is 10.0. The summed E-state index contributed by atoms with van der Waals surface area (Å²) in [4.78, 5) is 4.86. The fourth-order valence-corrected chi connectivity index (χ4v) is 4.98. The van der Waals surface area contributed by atoms with E-state index >= 15 is 0 Å². The zero-order valence-corrected chi connectivity index (χ0v) is 22.0. The summed E-state index contributed by atoms with van der Waals surface area (Å²) in [7, 11) is 3.26. The molecule has 2 aliphatic heterocycles. The Balaban J connectivity index is 1.26. The number of hydrogen-bond donors (Lipinski definition) is 0. The van der Waals surface area contributed by atoms with Crippen molar-refractivity contribution in [2.24, 2.45) is 10.1 Å². The number of aliphatic imine (C=N–C) groups is 1. The molecule has 3 heterocycles. The molecule has 7 nitrogen and oxygen atoms in total. The van der Waals surface area contributed by atoms with Gasteiger partial charge in [-0.2, -0.15) is 10.2 Å². The molecule has 6 rings (SSSR count). The van der Waals surface area contributed by atoms with Gasteiger partial charge in [0, 0.05) is 22.3 Å². The summed E-state index contributed by atoms with van der Waals surface area (Å²) in [5.74, 6) is 2.21. The van der Waals surface area contributed by atoms with Crippen molar-refractivity contribution in [3.8, 4) is 28.4 Å². The van der Waals surface area contributed by atoms with Crippen molar-refractivity contribution < 1.29 is 9.47 Å². The van der Waals surface area contributed by atoms with Crippen molar-refractivity contribution in [3.05, 3.63) is 107 Å². The third-order valence-electron chi connectivity index (χ3n) is 6.80. The molecule has 2 atom stereocenters. The van der Waals surface area contributed by atoms with Crippen molar-refractivity contribution in [2.45, 2.75) is 19.0 Å². The predicted octanol–water partition coefficient (Wildman–Crippen LogP) is 6.33. The van der Waals surface area contributed by atoms with Crippen LogP contribution in [0, 0.1) is 0 Å². The minimum absolute atomic E-state index is 0.0126. The second-order valence-electron chi connectivity index (χ2n) is 9.15. The fraction of sp³-hybridized carbons (Fsp3) is 0.167. The maximum atomic E-state index is 6.03. The number of hydrogen-bond acceptors (Lipinski definition) is 6. The Morgan fingerprint density at radius 3 is 2.29 bits per heavy atom. The highest BCUT2D eigenvalue weighted by molar-refractivity contribution is 6.30. The zero-order valence-electron chi connectivity index (χ0n) is 21.2. The van der Waals surface area contributed by atoms with Gasteiger partial charge in [-0.3, -0.25) is 4.99 Å². The molecule has 0 aliphatic carbocycles. The minimum atomic E-state index is -0.0126. The van der Waals surface area contributed by atoms with E-state index in [1.165, 1.54) is 0 Å². The molecule has 0 radical (unpaired) electrons. The topological polar surface area (TPSA) is 64.2 Å². The molecule has 190 valence electrons. The largest absolute Gasteiger partial charge is 0.493 e. The van der Waals surface area contributed by atoms with Gasteiger partial charge >= 0.3 is 0 Å². The van der Waals surface area contributed by atoms with Crippen LogP contribution in [0.4, 0.5) is 0 Å². The first-order valence-electron chi connectivity index (χ1n) is 12.3. The number of halogens is 1. The number of hydrazone groups is 1. The van der Waals surface area contributed by atoms with E-state index < -0.39 is 0 Å². The van der Waals surface area contributed by atoms with Crippen LogP contribution in [-0.4, -0.2) is 46.6 Å². The monoisotopic (exact) mass is 523 g/mol. The van der Waals surface area contributed by atoms with Crippen LogP contribution < -0.4 is 9.47 Å². The number of ether oxygens (including phenoxy) is 2. The number of amidine groups is 1. The van der Waals surface area contributed by atoms with Crippen molar-refractivity contribution in [1.29, 1.82) is 0 Å². The molecule has 0 spiro atoms. The molecule has 38 heavy (non-hydrogen) atoms. The van der Waals surface area contributed by atoms with E-state index in [2.05, 4.69) is 31.2 Å². The molecular formula is C30H26ClN5O2. The number of nitrogens with zero attached hydrogens (tertiary/aromatic N) is 5. The first-order valence-corrected chi connectivity index (χ1v) is 12.7. The summed E-state index contributed by atoms with van der Waals surface area (Å²) in [5.41, 5.74) is 5.82. The van der Waals surface area contributed by atoms with Gasteiger partial charge < -0.3 is 9.47 Å². The molecule has 0 N–H and O–H groups in total. The van der Waals surface area contributed by atoms with E-state index in [9.17, 15) is 0 Å². The van der Waals surface area contributed by atoms with Crippen molar-refractivity contribution in [2.75, 3.05) is 14.2 Å². The Hall–Kier alpha value is -4.36. The van der Waals surface area contributed by atoms with E-state index in [4.69, 9.17) is 36.3 Å². The van der Waals surface area contributed by atoms with Crippen LogP contribution in [0.3, 0.4) is 0 Å². The summed E-state index contributed by atoms with van der Waals surface area (Å²) in [6.07, 6.45) is 5.98. The van der Waals surface area contributed by atoms with Gasteiger partial charge in [0.2, 0.25) is 0 Å². The summed E-state index contributed by atoms with van der Waals surface area (Å²) in [6.45, 7) is 2.12. The first kappa shape index (κ1) is 24.0. The normalized spacial score (nSPS) is 18.2. The summed E-state index contributed by atoms with van der Waals surface area (Å²) in [5, 5.41) is 12.5. The molecule has 2 aliphatic rings. The number of benzene rings is 3. The Bertz CT molecular complexity index is 1570. The highest BCUT2D eigenvalue weighted by Gasteiger charge is 2.35. The Kier molecular flexibility index (Phi) is 6.21. The van der Waals surface area contributed by atoms with E-state index in [0.717, 1.165) is 39.6 Å². The Morgan fingerprint density at radius 1 is 0.816 bits per heavy atom. The number of aromatic nitrogens is 2. The van der Waals surface area contributed by atoms with Gasteiger partial charge in [-0.15, -0.1) is 0 Å². The van der Waals surface area contributed by atoms with Crippen LogP contribution in [0.2, 0.25) is 5.02 Å². The molecule has 0 fully saturated rings. The maximum absolute atomic E-state index is 6.03. The van der Waals surface area contributed by atoms with Crippen molar-refractivity contribution >= 4 is 23.1 Å². The van der Waals surface area contributed by atoms with E-state index in [1.807, 2.05) is 76.6 Å². The summed E-state index contributed by atoms with van der Waals surface area (Å²) >= 11 is 6.03. The van der Waals surface area contributed by atoms with Crippen LogP contribution >= 0.6 is 11.6 Å². The Morgan fingerprint density at radius 2 is 1.55 bits per heavy atom. The molecule has 4 aromatic rings. The lowest BCUT2D eigenvalue weighted by Crippen LogP contribution is -2.30. The third kappa shape index (κ3) is 4.35. The lowest BCUT2D eigenvalue weighted by molar-refractivity contribution is 0.331. The van der Waals surface area contributed by atoms with Crippen LogP contribution in [0.25, 0.3) is 16.9 Å². The molecule has 3 aromatic carbocycles. The van der Waals surface area contributed by atoms with Crippen LogP contribution in [0.1, 0.15) is 24.1 Å². The van der Waals surface area contributed by atoms with E-state index in [1.54, 1.807) is 14.2 Å². The van der Waals surface area contributed by atoms with Crippen molar-refractivity contribution in [1.82, 2.24) is 14.8 Å². The number of allylic oxidation sites excluding steroid dienone is 1. The number of fused-ring (bicyclic) bond motifs is 1. The quantitative estimate of drug-likeness (QED) is 0.296. The molecule has 0 saturated carbocycles. The van der Waals surface area contributed by atoms with E-state index in [-0.39, 0.29) is 12.1 Å². The second kappa shape index (κ2) is 9.84. The highest BCUT2D eigenvalue weighted by Crippen LogP contribution is 2.36.